The third-order valence-corrected chi connectivity index (χ3v) is 8.41. The summed E-state index contributed by atoms with van der Waals surface area (Å²) in [5, 5.41) is 5.99. The second kappa shape index (κ2) is 9.06. The quantitative estimate of drug-likeness (QED) is 0.763. The van der Waals surface area contributed by atoms with Crippen LogP contribution in [0.15, 0.2) is 23.1 Å². The fraction of sp³-hybridized carbons (Fsp3) is 0.636. The van der Waals surface area contributed by atoms with Gasteiger partial charge >= 0.3 is 0 Å². The zero-order valence-electron chi connectivity index (χ0n) is 17.4. The van der Waals surface area contributed by atoms with Crippen molar-refractivity contribution in [3.05, 3.63) is 23.8 Å². The first kappa shape index (κ1) is 21.3. The maximum absolute atomic E-state index is 13.3. The van der Waals surface area contributed by atoms with E-state index in [1.807, 2.05) is 0 Å². The highest BCUT2D eigenvalue weighted by Gasteiger charge is 2.34. The van der Waals surface area contributed by atoms with Gasteiger partial charge in [0, 0.05) is 31.2 Å². The number of nitrogens with zero attached hydrogens (tertiary/aromatic N) is 1. The molecular weight excluding hydrogens is 402 g/mol. The minimum atomic E-state index is -3.68. The van der Waals surface area contributed by atoms with Crippen LogP contribution in [0.3, 0.4) is 0 Å². The Bertz CT molecular complexity index is 909. The van der Waals surface area contributed by atoms with Crippen molar-refractivity contribution in [1.82, 2.24) is 9.62 Å². The molecule has 2 fully saturated rings. The lowest BCUT2D eigenvalue weighted by atomic mass is 9.93. The fourth-order valence-electron chi connectivity index (χ4n) is 4.80. The highest BCUT2D eigenvalue weighted by molar-refractivity contribution is 7.89. The summed E-state index contributed by atoms with van der Waals surface area (Å²) in [6.07, 6.45) is 8.79. The Morgan fingerprint density at radius 2 is 1.83 bits per heavy atom. The van der Waals surface area contributed by atoms with Crippen molar-refractivity contribution >= 4 is 27.5 Å². The second-order valence-electron chi connectivity index (χ2n) is 8.77. The number of sulfonamides is 1. The van der Waals surface area contributed by atoms with Crippen molar-refractivity contribution in [2.75, 3.05) is 18.4 Å². The van der Waals surface area contributed by atoms with Gasteiger partial charge in [0.05, 0.1) is 10.8 Å². The van der Waals surface area contributed by atoms with Gasteiger partial charge in [-0.15, -0.1) is 0 Å². The van der Waals surface area contributed by atoms with Crippen molar-refractivity contribution in [2.24, 2.45) is 5.92 Å². The number of anilines is 1. The van der Waals surface area contributed by atoms with E-state index in [1.54, 1.807) is 18.2 Å². The van der Waals surface area contributed by atoms with Crippen LogP contribution < -0.4 is 10.6 Å². The SMILES string of the molecule is O=C1CCCc2cc(S(=O)(=O)N3CCC[C@H](C(=O)NC4CCCCC4)C3)ccc2N1. The number of piperidine rings is 1. The van der Waals surface area contributed by atoms with Gasteiger partial charge < -0.3 is 10.6 Å². The number of hydrogen-bond acceptors (Lipinski definition) is 4. The molecule has 30 heavy (non-hydrogen) atoms. The Morgan fingerprint density at radius 1 is 1.03 bits per heavy atom. The molecule has 2 heterocycles. The predicted molar refractivity (Wildman–Crippen MR) is 115 cm³/mol. The molecule has 1 aliphatic carbocycles. The number of benzene rings is 1. The summed E-state index contributed by atoms with van der Waals surface area (Å²) in [6, 6.07) is 5.16. The highest BCUT2D eigenvalue weighted by atomic mass is 32.2. The number of fused-ring (bicyclic) bond motifs is 1. The molecule has 2 amide bonds. The molecule has 2 N–H and O–H groups in total. The summed E-state index contributed by atoms with van der Waals surface area (Å²) in [5.41, 5.74) is 1.55. The van der Waals surface area contributed by atoms with Crippen LogP contribution in [0.5, 0.6) is 0 Å². The molecule has 1 atom stereocenters. The molecule has 0 spiro atoms. The van der Waals surface area contributed by atoms with Gasteiger partial charge in [-0.25, -0.2) is 8.42 Å². The van der Waals surface area contributed by atoms with Crippen LogP contribution in [0.2, 0.25) is 0 Å². The molecule has 1 saturated heterocycles. The van der Waals surface area contributed by atoms with E-state index in [1.165, 1.54) is 10.7 Å². The maximum Gasteiger partial charge on any atom is 0.243 e. The van der Waals surface area contributed by atoms with Gasteiger partial charge in [0.15, 0.2) is 0 Å². The lowest BCUT2D eigenvalue weighted by Gasteiger charge is -2.33. The lowest BCUT2D eigenvalue weighted by Crippen LogP contribution is -2.47. The van der Waals surface area contributed by atoms with Crippen LogP contribution in [0.4, 0.5) is 5.69 Å². The number of rotatable bonds is 4. The van der Waals surface area contributed by atoms with Crippen LogP contribution in [0, 0.1) is 5.92 Å². The van der Waals surface area contributed by atoms with E-state index in [2.05, 4.69) is 10.6 Å². The summed E-state index contributed by atoms with van der Waals surface area (Å²) < 4.78 is 28.0. The van der Waals surface area contributed by atoms with Crippen molar-refractivity contribution in [1.29, 1.82) is 0 Å². The smallest absolute Gasteiger partial charge is 0.243 e. The second-order valence-corrected chi connectivity index (χ2v) is 10.7. The first-order valence-electron chi connectivity index (χ1n) is 11.2. The molecular formula is C22H31N3O4S. The molecule has 8 heteroatoms. The lowest BCUT2D eigenvalue weighted by molar-refractivity contribution is -0.127. The number of aryl methyl sites for hydroxylation is 1. The zero-order valence-corrected chi connectivity index (χ0v) is 18.2. The van der Waals surface area contributed by atoms with Crippen LogP contribution >= 0.6 is 0 Å². The average Bonchev–Trinajstić information content (AvgIpc) is 2.94. The van der Waals surface area contributed by atoms with Gasteiger partial charge in [0.1, 0.15) is 0 Å². The molecule has 2 aliphatic heterocycles. The summed E-state index contributed by atoms with van der Waals surface area (Å²) in [7, 11) is -3.68. The maximum atomic E-state index is 13.3. The van der Waals surface area contributed by atoms with Crippen LogP contribution in [-0.2, 0) is 26.0 Å². The average molecular weight is 434 g/mol. The van der Waals surface area contributed by atoms with E-state index in [-0.39, 0.29) is 35.2 Å². The molecule has 1 aromatic carbocycles. The summed E-state index contributed by atoms with van der Waals surface area (Å²) in [6.45, 7) is 0.665. The number of carbonyl (C=O) groups is 2. The molecule has 7 nitrogen and oxygen atoms in total. The van der Waals surface area contributed by atoms with Crippen molar-refractivity contribution < 1.29 is 18.0 Å². The van der Waals surface area contributed by atoms with Gasteiger partial charge in [0.25, 0.3) is 0 Å². The minimum Gasteiger partial charge on any atom is -0.353 e. The predicted octanol–water partition coefficient (Wildman–Crippen LogP) is 2.81. The van der Waals surface area contributed by atoms with Crippen molar-refractivity contribution in [3.8, 4) is 0 Å². The summed E-state index contributed by atoms with van der Waals surface area (Å²) in [4.78, 5) is 24.7. The molecule has 0 bridgehead atoms. The minimum absolute atomic E-state index is 0.00793. The molecule has 3 aliphatic rings. The number of amides is 2. The Hall–Kier alpha value is -1.93. The first-order valence-corrected chi connectivity index (χ1v) is 12.6. The fourth-order valence-corrected chi connectivity index (χ4v) is 6.38. The summed E-state index contributed by atoms with van der Waals surface area (Å²) in [5.74, 6) is -0.339. The van der Waals surface area contributed by atoms with Crippen molar-refractivity contribution in [3.63, 3.8) is 0 Å². The van der Waals surface area contributed by atoms with E-state index in [0.29, 0.717) is 37.9 Å². The third-order valence-electron chi connectivity index (χ3n) is 6.54. The number of carbonyl (C=O) groups excluding carboxylic acids is 2. The van der Waals surface area contributed by atoms with Gasteiger partial charge in [-0.3, -0.25) is 9.59 Å². The van der Waals surface area contributed by atoms with E-state index >= 15 is 0 Å². The topological polar surface area (TPSA) is 95.6 Å². The molecule has 0 unspecified atom stereocenters. The standard InChI is InChI=1S/C22H31N3O4S/c26-21-10-4-6-16-14-19(11-12-20(16)24-21)30(28,29)25-13-5-7-17(15-25)22(27)23-18-8-2-1-3-9-18/h11-12,14,17-18H,1-10,13,15H2,(H,23,27)(H,24,26)/t17-/m0/s1. The molecule has 4 rings (SSSR count). The van der Waals surface area contributed by atoms with E-state index in [9.17, 15) is 18.0 Å². The molecule has 1 saturated carbocycles. The van der Waals surface area contributed by atoms with Gasteiger partial charge in [-0.05, 0) is 62.3 Å². The number of nitrogens with one attached hydrogen (secondary N) is 2. The Labute approximate surface area is 178 Å². The summed E-state index contributed by atoms with van der Waals surface area (Å²) >= 11 is 0. The zero-order chi connectivity index (χ0) is 21.1. The normalized spacial score (nSPS) is 23.9. The van der Waals surface area contributed by atoms with Crippen LogP contribution in [-0.4, -0.2) is 43.7 Å². The molecule has 164 valence electrons. The first-order chi connectivity index (χ1) is 14.4. The van der Waals surface area contributed by atoms with E-state index in [0.717, 1.165) is 37.7 Å². The Morgan fingerprint density at radius 3 is 2.63 bits per heavy atom. The molecule has 1 aromatic rings. The third kappa shape index (κ3) is 4.70. The van der Waals surface area contributed by atoms with Gasteiger partial charge in [0.2, 0.25) is 21.8 Å². The van der Waals surface area contributed by atoms with Gasteiger partial charge in [-0.1, -0.05) is 19.3 Å². The van der Waals surface area contributed by atoms with Crippen LogP contribution in [0.25, 0.3) is 0 Å². The highest BCUT2D eigenvalue weighted by Crippen LogP contribution is 2.29. The van der Waals surface area contributed by atoms with E-state index in [4.69, 9.17) is 0 Å². The van der Waals surface area contributed by atoms with Crippen molar-refractivity contribution in [2.45, 2.75) is 75.1 Å². The Balaban J connectivity index is 1.46. The van der Waals surface area contributed by atoms with Crippen LogP contribution in [0.1, 0.15) is 63.4 Å². The number of hydrogen-bond donors (Lipinski definition) is 2. The largest absolute Gasteiger partial charge is 0.353 e. The molecule has 0 radical (unpaired) electrons. The van der Waals surface area contributed by atoms with Gasteiger partial charge in [-0.2, -0.15) is 4.31 Å². The van der Waals surface area contributed by atoms with E-state index < -0.39 is 10.0 Å². The molecule has 0 aromatic heterocycles. The monoisotopic (exact) mass is 433 g/mol. The Kier molecular flexibility index (Phi) is 6.43.